The molecule has 5 heteroatoms. The lowest BCUT2D eigenvalue weighted by molar-refractivity contribution is -0.131. The van der Waals surface area contributed by atoms with E-state index in [0.717, 1.165) is 34.7 Å². The predicted octanol–water partition coefficient (Wildman–Crippen LogP) is 6.51. The first-order chi connectivity index (χ1) is 17.3. The van der Waals surface area contributed by atoms with Crippen molar-refractivity contribution in [2.24, 2.45) is 0 Å². The van der Waals surface area contributed by atoms with E-state index in [-0.39, 0.29) is 17.9 Å². The SMILES string of the molecule is CCC(=O)N(CC[C@@H](c1ccc(OC(C)C)cc1)c1ccccc1OC)Cc1ccc(N(C)C)cc1. The largest absolute Gasteiger partial charge is 0.496 e. The van der Waals surface area contributed by atoms with Crippen molar-refractivity contribution in [2.75, 3.05) is 32.6 Å². The van der Waals surface area contributed by atoms with E-state index < -0.39 is 0 Å². The van der Waals surface area contributed by atoms with Crippen molar-refractivity contribution < 1.29 is 14.3 Å². The second-order valence-electron chi connectivity index (χ2n) is 9.55. The molecule has 0 saturated carbocycles. The van der Waals surface area contributed by atoms with Crippen LogP contribution in [0.2, 0.25) is 0 Å². The fraction of sp³-hybridized carbons (Fsp3) is 0.387. The van der Waals surface area contributed by atoms with Crippen LogP contribution in [0.3, 0.4) is 0 Å². The number of ether oxygens (including phenoxy) is 2. The first kappa shape index (κ1) is 27.1. The number of rotatable bonds is 12. The van der Waals surface area contributed by atoms with Gasteiger partial charge in [-0.1, -0.05) is 49.4 Å². The molecule has 0 radical (unpaired) electrons. The molecule has 192 valence electrons. The number of hydrogen-bond donors (Lipinski definition) is 0. The zero-order chi connectivity index (χ0) is 26.1. The standard InChI is InChI=1S/C31H40N2O3/c1-7-31(34)33(22-24-12-16-26(17-13-24)32(4)5)21-20-28(29-10-8-9-11-30(29)35-6)25-14-18-27(19-15-25)36-23(2)3/h8-19,23,28H,7,20-22H2,1-6H3/t28-/m0/s1. The Morgan fingerprint density at radius 3 is 2.17 bits per heavy atom. The molecule has 3 aromatic carbocycles. The molecule has 0 heterocycles. The minimum Gasteiger partial charge on any atom is -0.496 e. The van der Waals surface area contributed by atoms with E-state index in [9.17, 15) is 4.79 Å². The van der Waals surface area contributed by atoms with Gasteiger partial charge in [0.25, 0.3) is 0 Å². The van der Waals surface area contributed by atoms with Gasteiger partial charge in [-0.2, -0.15) is 0 Å². The molecule has 1 atom stereocenters. The molecule has 0 aliphatic carbocycles. The molecule has 0 bridgehead atoms. The Morgan fingerprint density at radius 1 is 0.917 bits per heavy atom. The summed E-state index contributed by atoms with van der Waals surface area (Å²) in [6.07, 6.45) is 1.39. The first-order valence-corrected chi connectivity index (χ1v) is 12.8. The molecule has 3 aromatic rings. The van der Waals surface area contributed by atoms with Crippen LogP contribution in [0.15, 0.2) is 72.8 Å². The summed E-state index contributed by atoms with van der Waals surface area (Å²) in [5, 5.41) is 0. The zero-order valence-corrected chi connectivity index (χ0v) is 22.5. The maximum atomic E-state index is 12.9. The molecule has 0 unspecified atom stereocenters. The Morgan fingerprint density at radius 2 is 1.58 bits per heavy atom. The lowest BCUT2D eigenvalue weighted by atomic mass is 9.87. The summed E-state index contributed by atoms with van der Waals surface area (Å²) in [5.74, 6) is 1.96. The van der Waals surface area contributed by atoms with Crippen molar-refractivity contribution in [3.05, 3.63) is 89.5 Å². The third-order valence-electron chi connectivity index (χ3n) is 6.34. The second kappa shape index (κ2) is 13.0. The lowest BCUT2D eigenvalue weighted by Crippen LogP contribution is -2.31. The van der Waals surface area contributed by atoms with Gasteiger partial charge in [-0.05, 0) is 61.7 Å². The molecular formula is C31H40N2O3. The van der Waals surface area contributed by atoms with Gasteiger partial charge >= 0.3 is 0 Å². The molecule has 0 aliphatic rings. The lowest BCUT2D eigenvalue weighted by Gasteiger charge is -2.27. The summed E-state index contributed by atoms with van der Waals surface area (Å²) in [7, 11) is 5.77. The number of amides is 1. The number of benzene rings is 3. The van der Waals surface area contributed by atoms with Gasteiger partial charge in [0.1, 0.15) is 11.5 Å². The van der Waals surface area contributed by atoms with Gasteiger partial charge in [0, 0.05) is 50.8 Å². The third kappa shape index (κ3) is 7.27. The van der Waals surface area contributed by atoms with Crippen LogP contribution in [0.25, 0.3) is 0 Å². The maximum Gasteiger partial charge on any atom is 0.222 e. The van der Waals surface area contributed by atoms with Crippen LogP contribution in [0.5, 0.6) is 11.5 Å². The summed E-state index contributed by atoms with van der Waals surface area (Å²) >= 11 is 0. The van der Waals surface area contributed by atoms with E-state index >= 15 is 0 Å². The normalized spacial score (nSPS) is 11.8. The Kier molecular flexibility index (Phi) is 9.80. The van der Waals surface area contributed by atoms with Crippen molar-refractivity contribution in [3.8, 4) is 11.5 Å². The quantitative estimate of drug-likeness (QED) is 0.291. The first-order valence-electron chi connectivity index (χ1n) is 12.8. The van der Waals surface area contributed by atoms with E-state index in [4.69, 9.17) is 9.47 Å². The smallest absolute Gasteiger partial charge is 0.222 e. The van der Waals surface area contributed by atoms with Crippen LogP contribution in [0, 0.1) is 0 Å². The predicted molar refractivity (Wildman–Crippen MR) is 148 cm³/mol. The fourth-order valence-corrected chi connectivity index (χ4v) is 4.43. The van der Waals surface area contributed by atoms with Gasteiger partial charge in [0.15, 0.2) is 0 Å². The number of anilines is 1. The number of para-hydroxylation sites is 1. The number of methoxy groups -OCH3 is 1. The molecule has 5 nitrogen and oxygen atoms in total. The number of carbonyl (C=O) groups is 1. The summed E-state index contributed by atoms with van der Waals surface area (Å²) in [4.78, 5) is 17.0. The third-order valence-corrected chi connectivity index (χ3v) is 6.34. The van der Waals surface area contributed by atoms with Crippen LogP contribution < -0.4 is 14.4 Å². The Hall–Kier alpha value is -3.47. The molecule has 0 aromatic heterocycles. The maximum absolute atomic E-state index is 12.9. The number of hydrogen-bond acceptors (Lipinski definition) is 4. The highest BCUT2D eigenvalue weighted by Crippen LogP contribution is 2.35. The minimum absolute atomic E-state index is 0.0810. The molecule has 36 heavy (non-hydrogen) atoms. The summed E-state index contributed by atoms with van der Waals surface area (Å²) in [6.45, 7) is 7.22. The van der Waals surface area contributed by atoms with Crippen molar-refractivity contribution >= 4 is 11.6 Å². The van der Waals surface area contributed by atoms with Gasteiger partial charge in [-0.15, -0.1) is 0 Å². The summed E-state index contributed by atoms with van der Waals surface area (Å²) in [5.41, 5.74) is 4.58. The van der Waals surface area contributed by atoms with Gasteiger partial charge < -0.3 is 19.3 Å². The molecule has 0 aliphatic heterocycles. The van der Waals surface area contributed by atoms with Crippen LogP contribution in [-0.2, 0) is 11.3 Å². The average Bonchev–Trinajstić information content (AvgIpc) is 2.88. The summed E-state index contributed by atoms with van der Waals surface area (Å²) < 4.78 is 11.6. The number of carbonyl (C=O) groups excluding carboxylic acids is 1. The monoisotopic (exact) mass is 488 g/mol. The van der Waals surface area contributed by atoms with E-state index in [2.05, 4.69) is 47.4 Å². The Balaban J connectivity index is 1.86. The van der Waals surface area contributed by atoms with Crippen molar-refractivity contribution in [1.29, 1.82) is 0 Å². The van der Waals surface area contributed by atoms with Gasteiger partial charge in [-0.3, -0.25) is 4.79 Å². The molecule has 0 fully saturated rings. The highest BCUT2D eigenvalue weighted by molar-refractivity contribution is 5.75. The van der Waals surface area contributed by atoms with Gasteiger partial charge in [-0.25, -0.2) is 0 Å². The topological polar surface area (TPSA) is 42.0 Å². The number of nitrogens with zero attached hydrogens (tertiary/aromatic N) is 2. The van der Waals surface area contributed by atoms with E-state index in [1.807, 2.05) is 70.1 Å². The van der Waals surface area contributed by atoms with Crippen molar-refractivity contribution in [3.63, 3.8) is 0 Å². The molecule has 0 saturated heterocycles. The van der Waals surface area contributed by atoms with Crippen LogP contribution in [0.4, 0.5) is 5.69 Å². The molecule has 0 N–H and O–H groups in total. The van der Waals surface area contributed by atoms with Crippen LogP contribution in [0.1, 0.15) is 56.2 Å². The molecule has 1 amide bonds. The summed E-state index contributed by atoms with van der Waals surface area (Å²) in [6, 6.07) is 24.9. The van der Waals surface area contributed by atoms with E-state index in [0.29, 0.717) is 19.5 Å². The Bertz CT molecular complexity index is 1090. The second-order valence-corrected chi connectivity index (χ2v) is 9.55. The fourth-order valence-electron chi connectivity index (χ4n) is 4.43. The molecular weight excluding hydrogens is 448 g/mol. The van der Waals surface area contributed by atoms with Crippen LogP contribution in [-0.4, -0.2) is 44.7 Å². The minimum atomic E-state index is 0.0810. The van der Waals surface area contributed by atoms with Crippen LogP contribution >= 0.6 is 0 Å². The zero-order valence-electron chi connectivity index (χ0n) is 22.5. The van der Waals surface area contributed by atoms with E-state index in [1.165, 1.54) is 5.56 Å². The Labute approximate surface area is 216 Å². The molecule has 0 spiro atoms. The average molecular weight is 489 g/mol. The van der Waals surface area contributed by atoms with Gasteiger partial charge in [0.2, 0.25) is 5.91 Å². The van der Waals surface area contributed by atoms with E-state index in [1.54, 1.807) is 7.11 Å². The van der Waals surface area contributed by atoms with Crippen molar-refractivity contribution in [1.82, 2.24) is 4.90 Å². The highest BCUT2D eigenvalue weighted by Gasteiger charge is 2.21. The van der Waals surface area contributed by atoms with Gasteiger partial charge in [0.05, 0.1) is 13.2 Å². The molecule has 3 rings (SSSR count). The van der Waals surface area contributed by atoms with Crippen molar-refractivity contribution in [2.45, 2.75) is 52.2 Å². The highest BCUT2D eigenvalue weighted by atomic mass is 16.5.